The van der Waals surface area contributed by atoms with Gasteiger partial charge in [-0.2, -0.15) is 0 Å². The highest BCUT2D eigenvalue weighted by molar-refractivity contribution is 5.85. The van der Waals surface area contributed by atoms with E-state index in [2.05, 4.69) is 5.32 Å². The van der Waals surface area contributed by atoms with Gasteiger partial charge in [-0.3, -0.25) is 0 Å². The zero-order valence-corrected chi connectivity index (χ0v) is 9.32. The molecule has 0 radical (unpaired) electrons. The number of hydrogen-bond acceptors (Lipinski definition) is 3. The summed E-state index contributed by atoms with van der Waals surface area (Å²) in [4.78, 5) is 10.5. The van der Waals surface area contributed by atoms with Crippen LogP contribution in [0.4, 0.5) is 0 Å². The van der Waals surface area contributed by atoms with E-state index in [-0.39, 0.29) is 0 Å². The van der Waals surface area contributed by atoms with Gasteiger partial charge in [-0.1, -0.05) is 6.08 Å². The van der Waals surface area contributed by atoms with Crippen molar-refractivity contribution < 1.29 is 14.6 Å². The van der Waals surface area contributed by atoms with Crippen LogP contribution in [0.3, 0.4) is 0 Å². The largest absolute Gasteiger partial charge is 0.478 e. The molecule has 1 aliphatic rings. The summed E-state index contributed by atoms with van der Waals surface area (Å²) < 4.78 is 5.26. The molecule has 2 atom stereocenters. The first-order valence-corrected chi connectivity index (χ1v) is 5.29. The van der Waals surface area contributed by atoms with E-state index in [0.717, 1.165) is 19.3 Å². The maximum absolute atomic E-state index is 10.5. The Morgan fingerprint density at radius 1 is 1.60 bits per heavy atom. The van der Waals surface area contributed by atoms with Crippen molar-refractivity contribution in [3.05, 3.63) is 11.6 Å². The fraction of sp³-hybridized carbons (Fsp3) is 0.727. The van der Waals surface area contributed by atoms with Crippen LogP contribution in [0.1, 0.15) is 26.2 Å². The van der Waals surface area contributed by atoms with Gasteiger partial charge in [0, 0.05) is 25.3 Å². The molecule has 4 nitrogen and oxygen atoms in total. The Morgan fingerprint density at radius 3 is 2.87 bits per heavy atom. The number of carbonyl (C=O) groups is 1. The van der Waals surface area contributed by atoms with Gasteiger partial charge in [-0.25, -0.2) is 4.79 Å². The topological polar surface area (TPSA) is 58.6 Å². The van der Waals surface area contributed by atoms with Gasteiger partial charge in [0.1, 0.15) is 0 Å². The molecule has 0 bridgehead atoms. The second kappa shape index (κ2) is 5.88. The third-order valence-corrected chi connectivity index (χ3v) is 2.87. The molecule has 0 aromatic carbocycles. The second-order valence-corrected chi connectivity index (χ2v) is 3.97. The van der Waals surface area contributed by atoms with Crippen LogP contribution in [-0.4, -0.2) is 36.9 Å². The highest BCUT2D eigenvalue weighted by atomic mass is 16.5. The molecule has 1 fully saturated rings. The Morgan fingerprint density at radius 2 is 2.33 bits per heavy atom. The van der Waals surface area contributed by atoms with Crippen molar-refractivity contribution in [1.82, 2.24) is 5.32 Å². The highest BCUT2D eigenvalue weighted by Crippen LogP contribution is 2.21. The van der Waals surface area contributed by atoms with Gasteiger partial charge in [0.25, 0.3) is 0 Å². The highest BCUT2D eigenvalue weighted by Gasteiger charge is 2.23. The molecular weight excluding hydrogens is 194 g/mol. The number of rotatable bonds is 5. The van der Waals surface area contributed by atoms with Crippen molar-refractivity contribution in [3.63, 3.8) is 0 Å². The third kappa shape index (κ3) is 4.01. The molecule has 4 heteroatoms. The van der Waals surface area contributed by atoms with Gasteiger partial charge >= 0.3 is 5.97 Å². The Balaban J connectivity index is 2.21. The monoisotopic (exact) mass is 213 g/mol. The number of carboxylic acids is 1. The minimum absolute atomic E-state index is 0.368. The molecule has 0 aromatic rings. The van der Waals surface area contributed by atoms with Crippen molar-refractivity contribution in [3.8, 4) is 0 Å². The molecule has 0 spiro atoms. The Hall–Kier alpha value is -0.870. The summed E-state index contributed by atoms with van der Waals surface area (Å²) in [6.07, 6.45) is 5.31. The van der Waals surface area contributed by atoms with Crippen molar-refractivity contribution >= 4 is 5.97 Å². The first-order valence-electron chi connectivity index (χ1n) is 5.29. The lowest BCUT2D eigenvalue weighted by atomic mass is 10.2. The van der Waals surface area contributed by atoms with Gasteiger partial charge < -0.3 is 15.2 Å². The van der Waals surface area contributed by atoms with E-state index in [9.17, 15) is 4.79 Å². The van der Waals surface area contributed by atoms with E-state index in [0.29, 0.717) is 24.3 Å². The SMILES string of the molecule is COC1CCC(NC/C=C(/C)C(=O)O)C1. The molecular formula is C11H19NO3. The van der Waals surface area contributed by atoms with Crippen LogP contribution in [0.15, 0.2) is 11.6 Å². The minimum Gasteiger partial charge on any atom is -0.478 e. The van der Waals surface area contributed by atoms with E-state index in [1.165, 1.54) is 0 Å². The molecule has 1 rings (SSSR count). The van der Waals surface area contributed by atoms with Crippen LogP contribution in [0.2, 0.25) is 0 Å². The smallest absolute Gasteiger partial charge is 0.330 e. The van der Waals surface area contributed by atoms with E-state index in [4.69, 9.17) is 9.84 Å². The fourth-order valence-electron chi connectivity index (χ4n) is 1.81. The van der Waals surface area contributed by atoms with Crippen LogP contribution >= 0.6 is 0 Å². The third-order valence-electron chi connectivity index (χ3n) is 2.87. The van der Waals surface area contributed by atoms with Crippen molar-refractivity contribution in [2.75, 3.05) is 13.7 Å². The van der Waals surface area contributed by atoms with Crippen LogP contribution in [0, 0.1) is 0 Å². The predicted molar refractivity (Wildman–Crippen MR) is 57.8 cm³/mol. The normalized spacial score (nSPS) is 26.9. The number of carboxylic acid groups (broad SMARTS) is 1. The van der Waals surface area contributed by atoms with Crippen LogP contribution in [0.5, 0.6) is 0 Å². The van der Waals surface area contributed by atoms with E-state index < -0.39 is 5.97 Å². The summed E-state index contributed by atoms with van der Waals surface area (Å²) in [5.41, 5.74) is 0.392. The van der Waals surface area contributed by atoms with E-state index >= 15 is 0 Å². The first-order chi connectivity index (χ1) is 7.13. The first kappa shape index (κ1) is 12.2. The molecule has 2 N–H and O–H groups in total. The minimum atomic E-state index is -0.849. The lowest BCUT2D eigenvalue weighted by molar-refractivity contribution is -0.132. The van der Waals surface area contributed by atoms with Gasteiger partial charge in [-0.05, 0) is 26.2 Å². The molecule has 0 amide bonds. The quantitative estimate of drug-likeness (QED) is 0.673. The maximum atomic E-state index is 10.5. The summed E-state index contributed by atoms with van der Waals surface area (Å²) >= 11 is 0. The second-order valence-electron chi connectivity index (χ2n) is 3.97. The summed E-state index contributed by atoms with van der Waals surface area (Å²) in [5.74, 6) is -0.849. The Bertz CT molecular complexity index is 250. The van der Waals surface area contributed by atoms with E-state index in [1.54, 1.807) is 20.1 Å². The molecule has 86 valence electrons. The van der Waals surface area contributed by atoms with Crippen molar-refractivity contribution in [2.45, 2.75) is 38.3 Å². The predicted octanol–water partition coefficient (Wildman–Crippen LogP) is 1.17. The number of hydrogen-bond donors (Lipinski definition) is 2. The Kier molecular flexibility index (Phi) is 4.78. The fourth-order valence-corrected chi connectivity index (χ4v) is 1.81. The summed E-state index contributed by atoms with van der Waals surface area (Å²) in [6.45, 7) is 2.23. The number of aliphatic carboxylic acids is 1. The lowest BCUT2D eigenvalue weighted by Crippen LogP contribution is -2.27. The summed E-state index contributed by atoms with van der Waals surface area (Å²) in [7, 11) is 1.74. The van der Waals surface area contributed by atoms with Crippen molar-refractivity contribution in [2.24, 2.45) is 0 Å². The molecule has 0 saturated heterocycles. The maximum Gasteiger partial charge on any atom is 0.330 e. The molecule has 0 heterocycles. The summed E-state index contributed by atoms with van der Waals surface area (Å²) in [5, 5.41) is 11.9. The Labute approximate surface area is 90.3 Å². The van der Waals surface area contributed by atoms with E-state index in [1.807, 2.05) is 0 Å². The van der Waals surface area contributed by atoms with Gasteiger partial charge in [-0.15, -0.1) is 0 Å². The average molecular weight is 213 g/mol. The molecule has 0 aliphatic heterocycles. The van der Waals surface area contributed by atoms with Gasteiger partial charge in [0.15, 0.2) is 0 Å². The molecule has 1 saturated carbocycles. The molecule has 15 heavy (non-hydrogen) atoms. The molecule has 2 unspecified atom stereocenters. The van der Waals surface area contributed by atoms with Gasteiger partial charge in [0.2, 0.25) is 0 Å². The van der Waals surface area contributed by atoms with Crippen LogP contribution in [0.25, 0.3) is 0 Å². The number of nitrogens with one attached hydrogen (secondary N) is 1. The summed E-state index contributed by atoms with van der Waals surface area (Å²) in [6, 6.07) is 0.466. The molecule has 0 aromatic heterocycles. The lowest BCUT2D eigenvalue weighted by Gasteiger charge is -2.10. The molecule has 1 aliphatic carbocycles. The van der Waals surface area contributed by atoms with Crippen molar-refractivity contribution in [1.29, 1.82) is 0 Å². The average Bonchev–Trinajstić information content (AvgIpc) is 2.65. The van der Waals surface area contributed by atoms with Crippen LogP contribution < -0.4 is 5.32 Å². The number of ether oxygens (including phenoxy) is 1. The van der Waals surface area contributed by atoms with Gasteiger partial charge in [0.05, 0.1) is 6.10 Å². The zero-order chi connectivity index (χ0) is 11.3. The standard InChI is InChI=1S/C11H19NO3/c1-8(11(13)14)5-6-12-9-3-4-10(7-9)15-2/h5,9-10,12H,3-4,6-7H2,1-2H3,(H,13,14)/b8-5-. The zero-order valence-electron chi connectivity index (χ0n) is 9.32. The van der Waals surface area contributed by atoms with Crippen LogP contribution in [-0.2, 0) is 9.53 Å². The number of methoxy groups -OCH3 is 1.